The van der Waals surface area contributed by atoms with Crippen molar-refractivity contribution in [2.75, 3.05) is 0 Å². The van der Waals surface area contributed by atoms with Crippen molar-refractivity contribution in [3.8, 4) is 22.6 Å². The van der Waals surface area contributed by atoms with Gasteiger partial charge in [0, 0.05) is 15.0 Å². The van der Waals surface area contributed by atoms with Crippen LogP contribution in [0.15, 0.2) is 51.7 Å². The molecule has 1 aromatic heterocycles. The van der Waals surface area contributed by atoms with E-state index in [1.165, 1.54) is 12.1 Å². The van der Waals surface area contributed by atoms with E-state index in [4.69, 9.17) is 4.42 Å². The molecule has 0 aliphatic carbocycles. The lowest BCUT2D eigenvalue weighted by molar-refractivity contribution is 0.403. The van der Waals surface area contributed by atoms with Crippen molar-refractivity contribution in [3.05, 3.63) is 56.5 Å². The fourth-order valence-electron chi connectivity index (χ4n) is 1.97. The molecule has 3 rings (SSSR count). The van der Waals surface area contributed by atoms with Crippen LogP contribution in [0.2, 0.25) is 0 Å². The highest BCUT2D eigenvalue weighted by Gasteiger charge is 2.10. The average Bonchev–Trinajstić information content (AvgIpc) is 2.41. The van der Waals surface area contributed by atoms with Gasteiger partial charge in [-0.25, -0.2) is 4.79 Å². The average molecular weight is 380 g/mol. The molecule has 0 bridgehead atoms. The van der Waals surface area contributed by atoms with Gasteiger partial charge in [-0.2, -0.15) is 0 Å². The molecule has 1 heterocycles. The fourth-order valence-corrected chi connectivity index (χ4v) is 2.33. The van der Waals surface area contributed by atoms with Gasteiger partial charge in [0.15, 0.2) is 11.5 Å². The summed E-state index contributed by atoms with van der Waals surface area (Å²) in [7, 11) is 0. The second kappa shape index (κ2) is 4.82. The number of fused-ring (bicyclic) bond motifs is 1. The van der Waals surface area contributed by atoms with E-state index >= 15 is 0 Å². The van der Waals surface area contributed by atoms with E-state index in [0.717, 1.165) is 9.13 Å². The largest absolute Gasteiger partial charge is 0.504 e. The zero-order valence-electron chi connectivity index (χ0n) is 10.1. The molecular formula is C15H9IO4. The molecule has 0 aliphatic heterocycles. The highest BCUT2D eigenvalue weighted by Crippen LogP contribution is 2.31. The van der Waals surface area contributed by atoms with Crippen LogP contribution >= 0.6 is 22.6 Å². The molecule has 0 aliphatic rings. The lowest BCUT2D eigenvalue weighted by Gasteiger charge is -2.04. The summed E-state index contributed by atoms with van der Waals surface area (Å²) >= 11 is 2.18. The van der Waals surface area contributed by atoms with Crippen LogP contribution < -0.4 is 5.63 Å². The topological polar surface area (TPSA) is 70.7 Å². The number of hydrogen-bond donors (Lipinski definition) is 2. The Morgan fingerprint density at radius 2 is 1.60 bits per heavy atom. The zero-order chi connectivity index (χ0) is 14.3. The van der Waals surface area contributed by atoms with Crippen LogP contribution in [0.25, 0.3) is 22.1 Å². The summed E-state index contributed by atoms with van der Waals surface area (Å²) in [5.74, 6) is -0.567. The summed E-state index contributed by atoms with van der Waals surface area (Å²) in [5.41, 5.74) is 0.913. The molecule has 0 unspecified atom stereocenters. The van der Waals surface area contributed by atoms with Crippen molar-refractivity contribution in [1.82, 2.24) is 0 Å². The molecule has 0 radical (unpaired) electrons. The van der Waals surface area contributed by atoms with Gasteiger partial charge in [0.1, 0.15) is 5.58 Å². The monoisotopic (exact) mass is 380 g/mol. The van der Waals surface area contributed by atoms with Crippen LogP contribution in [0.3, 0.4) is 0 Å². The van der Waals surface area contributed by atoms with Crippen LogP contribution in [0.1, 0.15) is 0 Å². The van der Waals surface area contributed by atoms with Gasteiger partial charge in [-0.1, -0.05) is 12.1 Å². The summed E-state index contributed by atoms with van der Waals surface area (Å²) in [4.78, 5) is 12.0. The Kier molecular flexibility index (Phi) is 3.13. The Hall–Kier alpha value is -2.02. The number of benzene rings is 2. The van der Waals surface area contributed by atoms with E-state index in [1.54, 1.807) is 6.07 Å². The van der Waals surface area contributed by atoms with E-state index in [1.807, 2.05) is 24.3 Å². The van der Waals surface area contributed by atoms with Gasteiger partial charge in [-0.05, 0) is 52.4 Å². The van der Waals surface area contributed by atoms with Gasteiger partial charge in [0.05, 0.1) is 5.56 Å². The predicted molar refractivity (Wildman–Crippen MR) is 84.0 cm³/mol. The molecule has 0 spiro atoms. The minimum absolute atomic E-state index is 0.236. The maximum Gasteiger partial charge on any atom is 0.344 e. The van der Waals surface area contributed by atoms with E-state index in [2.05, 4.69) is 22.6 Å². The van der Waals surface area contributed by atoms with Gasteiger partial charge in [0.25, 0.3) is 0 Å². The van der Waals surface area contributed by atoms with Crippen LogP contribution in [-0.2, 0) is 0 Å². The number of phenolic OH excluding ortho intramolecular Hbond substituents is 2. The molecule has 0 amide bonds. The van der Waals surface area contributed by atoms with Crippen molar-refractivity contribution >= 4 is 33.6 Å². The number of phenols is 2. The Bertz CT molecular complexity index is 850. The lowest BCUT2D eigenvalue weighted by atomic mass is 10.1. The van der Waals surface area contributed by atoms with Crippen molar-refractivity contribution in [2.45, 2.75) is 0 Å². The first-order valence-corrected chi connectivity index (χ1v) is 6.88. The maximum atomic E-state index is 12.0. The molecular weight excluding hydrogens is 371 g/mol. The third-order valence-corrected chi connectivity index (χ3v) is 3.70. The normalized spacial score (nSPS) is 10.8. The Labute approximate surface area is 127 Å². The van der Waals surface area contributed by atoms with Gasteiger partial charge >= 0.3 is 5.63 Å². The summed E-state index contributed by atoms with van der Waals surface area (Å²) in [6, 6.07) is 11.7. The summed E-state index contributed by atoms with van der Waals surface area (Å²) < 4.78 is 6.25. The molecule has 0 fully saturated rings. The van der Waals surface area contributed by atoms with Gasteiger partial charge in [-0.15, -0.1) is 0 Å². The first-order valence-electron chi connectivity index (χ1n) is 5.80. The third kappa shape index (κ3) is 2.24. The first kappa shape index (κ1) is 13.0. The van der Waals surface area contributed by atoms with Crippen LogP contribution in [0.5, 0.6) is 11.5 Å². The first-order chi connectivity index (χ1) is 9.54. The Morgan fingerprint density at radius 3 is 2.30 bits per heavy atom. The molecule has 0 saturated carbocycles. The Morgan fingerprint density at radius 1 is 0.950 bits per heavy atom. The second-order valence-electron chi connectivity index (χ2n) is 4.33. The summed E-state index contributed by atoms with van der Waals surface area (Å²) in [6.45, 7) is 0. The Balaban J connectivity index is 2.26. The number of aromatic hydroxyl groups is 2. The summed E-state index contributed by atoms with van der Waals surface area (Å²) in [5, 5.41) is 19.5. The van der Waals surface area contributed by atoms with E-state index in [0.29, 0.717) is 10.9 Å². The van der Waals surface area contributed by atoms with Crippen LogP contribution in [0, 0.1) is 3.57 Å². The third-order valence-electron chi connectivity index (χ3n) is 2.98. The number of halogens is 1. The minimum Gasteiger partial charge on any atom is -0.504 e. The second-order valence-corrected chi connectivity index (χ2v) is 5.58. The van der Waals surface area contributed by atoms with E-state index < -0.39 is 5.63 Å². The van der Waals surface area contributed by atoms with Crippen LogP contribution in [-0.4, -0.2) is 10.2 Å². The molecule has 4 nitrogen and oxygen atoms in total. The summed E-state index contributed by atoms with van der Waals surface area (Å²) in [6.07, 6.45) is 0. The van der Waals surface area contributed by atoms with E-state index in [9.17, 15) is 15.0 Å². The van der Waals surface area contributed by atoms with Crippen molar-refractivity contribution in [1.29, 1.82) is 0 Å². The lowest BCUT2D eigenvalue weighted by Crippen LogP contribution is -2.02. The number of hydrogen-bond acceptors (Lipinski definition) is 4. The van der Waals surface area contributed by atoms with Crippen molar-refractivity contribution in [2.24, 2.45) is 0 Å². The minimum atomic E-state index is -0.483. The van der Waals surface area contributed by atoms with Crippen molar-refractivity contribution in [3.63, 3.8) is 0 Å². The molecule has 2 N–H and O–H groups in total. The quantitative estimate of drug-likeness (QED) is 0.385. The predicted octanol–water partition coefficient (Wildman–Crippen LogP) is 3.48. The van der Waals surface area contributed by atoms with Gasteiger partial charge < -0.3 is 14.6 Å². The molecule has 0 saturated heterocycles. The molecule has 0 atom stereocenters. The molecule has 20 heavy (non-hydrogen) atoms. The van der Waals surface area contributed by atoms with Crippen LogP contribution in [0.4, 0.5) is 0 Å². The zero-order valence-corrected chi connectivity index (χ0v) is 12.3. The molecule has 5 heteroatoms. The standard InChI is InChI=1S/C15H9IO4/c16-10-3-1-8(2-4-10)11-5-9-6-12(17)13(18)7-14(9)20-15(11)19/h1-7,17-18H. The van der Waals surface area contributed by atoms with Crippen molar-refractivity contribution < 1.29 is 14.6 Å². The smallest absolute Gasteiger partial charge is 0.344 e. The SMILES string of the molecule is O=c1oc2cc(O)c(O)cc2cc1-c1ccc(I)cc1. The fraction of sp³-hybridized carbons (Fsp3) is 0. The molecule has 2 aromatic carbocycles. The highest BCUT2D eigenvalue weighted by molar-refractivity contribution is 14.1. The molecule has 3 aromatic rings. The highest BCUT2D eigenvalue weighted by atomic mass is 127. The van der Waals surface area contributed by atoms with E-state index in [-0.39, 0.29) is 17.1 Å². The molecule has 100 valence electrons. The number of rotatable bonds is 1. The van der Waals surface area contributed by atoms with Gasteiger partial charge in [-0.3, -0.25) is 0 Å². The van der Waals surface area contributed by atoms with Gasteiger partial charge in [0.2, 0.25) is 0 Å². The maximum absolute atomic E-state index is 12.0.